The maximum absolute atomic E-state index is 15.3. The molecule has 194 valence electrons. The van der Waals surface area contributed by atoms with E-state index in [-0.39, 0.29) is 22.7 Å². The van der Waals surface area contributed by atoms with Crippen LogP contribution >= 0.6 is 11.6 Å². The molecule has 0 fully saturated rings. The standard InChI is InChI=1S/C23H17ClF5N5O3/c24-15-6-5-14(12-7-8-34-16(9-12)32-21(30)33-34)18(25)17(15)20(35)31-10-22(28,29)23(36,37)13-3-1-11(2-4-13)19(26)27/h1-9,19,36-37H,10H2,(H2,30,33)(H,31,35). The van der Waals surface area contributed by atoms with Gasteiger partial charge in [0.1, 0.15) is 5.82 Å². The third-order valence-corrected chi connectivity index (χ3v) is 5.84. The first kappa shape index (κ1) is 26.3. The number of alkyl halides is 4. The van der Waals surface area contributed by atoms with Crippen molar-refractivity contribution in [1.29, 1.82) is 0 Å². The molecule has 0 saturated carbocycles. The van der Waals surface area contributed by atoms with Crippen LogP contribution in [0.1, 0.15) is 27.9 Å². The van der Waals surface area contributed by atoms with Crippen molar-refractivity contribution < 1.29 is 37.0 Å². The van der Waals surface area contributed by atoms with Crippen molar-refractivity contribution in [2.45, 2.75) is 18.1 Å². The Morgan fingerprint density at radius 1 is 1.14 bits per heavy atom. The van der Waals surface area contributed by atoms with E-state index in [1.165, 1.54) is 35.0 Å². The van der Waals surface area contributed by atoms with Crippen molar-refractivity contribution in [3.05, 3.63) is 82.3 Å². The quantitative estimate of drug-likeness (QED) is 0.208. The Morgan fingerprint density at radius 3 is 2.46 bits per heavy atom. The number of halogens is 6. The van der Waals surface area contributed by atoms with Gasteiger partial charge in [-0.3, -0.25) is 4.79 Å². The molecule has 8 nitrogen and oxygen atoms in total. The van der Waals surface area contributed by atoms with Gasteiger partial charge in [0.05, 0.1) is 17.1 Å². The molecule has 1 amide bonds. The van der Waals surface area contributed by atoms with Gasteiger partial charge in [-0.1, -0.05) is 35.9 Å². The topological polar surface area (TPSA) is 126 Å². The zero-order chi connectivity index (χ0) is 27.1. The van der Waals surface area contributed by atoms with E-state index in [1.807, 2.05) is 0 Å². The van der Waals surface area contributed by atoms with Crippen molar-refractivity contribution in [3.63, 3.8) is 0 Å². The minimum Gasteiger partial charge on any atom is -0.366 e. The predicted molar refractivity (Wildman–Crippen MR) is 123 cm³/mol. The molecule has 14 heteroatoms. The molecule has 0 spiro atoms. The molecule has 0 bridgehead atoms. The molecule has 2 heterocycles. The second kappa shape index (κ2) is 9.57. The fourth-order valence-corrected chi connectivity index (χ4v) is 3.76. The molecule has 37 heavy (non-hydrogen) atoms. The second-order valence-electron chi connectivity index (χ2n) is 7.95. The van der Waals surface area contributed by atoms with E-state index in [0.717, 1.165) is 12.1 Å². The van der Waals surface area contributed by atoms with Gasteiger partial charge >= 0.3 is 5.92 Å². The molecule has 0 aliphatic heterocycles. The summed E-state index contributed by atoms with van der Waals surface area (Å²) in [7, 11) is 0. The fourth-order valence-electron chi connectivity index (χ4n) is 3.52. The minimum atomic E-state index is -4.42. The summed E-state index contributed by atoms with van der Waals surface area (Å²) in [4.78, 5) is 16.6. The van der Waals surface area contributed by atoms with E-state index in [2.05, 4.69) is 10.1 Å². The summed E-state index contributed by atoms with van der Waals surface area (Å²) in [6.07, 6.45) is -1.45. The van der Waals surface area contributed by atoms with Gasteiger partial charge in [0.25, 0.3) is 18.1 Å². The number of nitrogen functional groups attached to an aromatic ring is 1. The summed E-state index contributed by atoms with van der Waals surface area (Å²) < 4.78 is 71.5. The Bertz CT molecular complexity index is 1480. The van der Waals surface area contributed by atoms with Crippen molar-refractivity contribution >= 4 is 29.1 Å². The van der Waals surface area contributed by atoms with E-state index < -0.39 is 58.1 Å². The molecule has 0 atom stereocenters. The summed E-state index contributed by atoms with van der Waals surface area (Å²) in [5.41, 5.74) is 3.87. The number of nitrogens with zero attached hydrogens (tertiary/aromatic N) is 3. The van der Waals surface area contributed by atoms with Crippen molar-refractivity contribution in [3.8, 4) is 11.1 Å². The molecule has 0 aliphatic carbocycles. The minimum absolute atomic E-state index is 0.0245. The van der Waals surface area contributed by atoms with Gasteiger partial charge in [0.15, 0.2) is 5.65 Å². The van der Waals surface area contributed by atoms with Gasteiger partial charge in [-0.05, 0) is 29.8 Å². The maximum atomic E-state index is 15.3. The Balaban J connectivity index is 1.57. The van der Waals surface area contributed by atoms with E-state index in [0.29, 0.717) is 12.1 Å². The first-order valence-corrected chi connectivity index (χ1v) is 10.8. The first-order valence-electron chi connectivity index (χ1n) is 10.4. The second-order valence-corrected chi connectivity index (χ2v) is 8.36. The van der Waals surface area contributed by atoms with Gasteiger partial charge in [-0.2, -0.15) is 13.8 Å². The predicted octanol–water partition coefficient (Wildman–Crippen LogP) is 3.91. The normalized spacial score (nSPS) is 12.4. The molecule has 0 saturated heterocycles. The fraction of sp³-hybridized carbons (Fsp3) is 0.174. The van der Waals surface area contributed by atoms with Gasteiger partial charge in [0, 0.05) is 22.9 Å². The van der Waals surface area contributed by atoms with Crippen LogP contribution in [0.2, 0.25) is 5.02 Å². The zero-order valence-electron chi connectivity index (χ0n) is 18.5. The van der Waals surface area contributed by atoms with Crippen LogP contribution in [-0.4, -0.2) is 43.2 Å². The highest BCUT2D eigenvalue weighted by Crippen LogP contribution is 2.36. The summed E-state index contributed by atoms with van der Waals surface area (Å²) in [5.74, 6) is -10.8. The monoisotopic (exact) mass is 541 g/mol. The lowest BCUT2D eigenvalue weighted by Crippen LogP contribution is -2.52. The molecule has 5 N–H and O–H groups in total. The highest BCUT2D eigenvalue weighted by molar-refractivity contribution is 6.34. The SMILES string of the molecule is Nc1nc2cc(-c3ccc(Cl)c(C(=O)NCC(F)(F)C(O)(O)c4ccc(C(F)F)cc4)c3F)ccn2n1. The number of aliphatic hydroxyl groups is 2. The molecule has 0 radical (unpaired) electrons. The lowest BCUT2D eigenvalue weighted by Gasteiger charge is -2.31. The smallest absolute Gasteiger partial charge is 0.321 e. The van der Waals surface area contributed by atoms with Gasteiger partial charge in [-0.25, -0.2) is 17.7 Å². The number of carbonyl (C=O) groups is 1. The molecule has 2 aromatic heterocycles. The average molecular weight is 542 g/mol. The number of hydrogen-bond acceptors (Lipinski definition) is 6. The van der Waals surface area contributed by atoms with Crippen LogP contribution in [0.4, 0.5) is 27.9 Å². The number of rotatable bonds is 7. The molecule has 0 unspecified atom stereocenters. The molecule has 0 aliphatic rings. The summed E-state index contributed by atoms with van der Waals surface area (Å²) >= 11 is 5.97. The van der Waals surface area contributed by atoms with Crippen LogP contribution < -0.4 is 11.1 Å². The maximum Gasteiger partial charge on any atom is 0.321 e. The number of nitrogens with two attached hydrogens (primary N) is 1. The lowest BCUT2D eigenvalue weighted by molar-refractivity contribution is -0.302. The Morgan fingerprint density at radius 2 is 1.81 bits per heavy atom. The number of pyridine rings is 1. The molecular formula is C23H17ClF5N5O3. The number of nitrogens with one attached hydrogen (secondary N) is 1. The summed E-state index contributed by atoms with van der Waals surface area (Å²) in [5, 5.41) is 25.4. The highest BCUT2D eigenvalue weighted by atomic mass is 35.5. The molecule has 4 aromatic rings. The number of amides is 1. The van der Waals surface area contributed by atoms with Crippen LogP contribution in [-0.2, 0) is 5.79 Å². The molecule has 4 rings (SSSR count). The summed E-state index contributed by atoms with van der Waals surface area (Å²) in [6, 6.07) is 8.22. The Kier molecular flexibility index (Phi) is 6.79. The van der Waals surface area contributed by atoms with Gasteiger partial charge < -0.3 is 21.3 Å². The van der Waals surface area contributed by atoms with Crippen LogP contribution in [0.5, 0.6) is 0 Å². The lowest BCUT2D eigenvalue weighted by atomic mass is 9.97. The van der Waals surface area contributed by atoms with Crippen LogP contribution in [0, 0.1) is 5.82 Å². The molecule has 2 aromatic carbocycles. The number of anilines is 1. The average Bonchev–Trinajstić information content (AvgIpc) is 3.22. The Labute approximate surface area is 210 Å². The van der Waals surface area contributed by atoms with Gasteiger partial charge in [-0.15, -0.1) is 5.10 Å². The van der Waals surface area contributed by atoms with Crippen molar-refractivity contribution in [2.24, 2.45) is 0 Å². The first-order chi connectivity index (χ1) is 17.3. The largest absolute Gasteiger partial charge is 0.366 e. The van der Waals surface area contributed by atoms with Crippen LogP contribution in [0.15, 0.2) is 54.7 Å². The number of hydrogen-bond donors (Lipinski definition) is 4. The summed E-state index contributed by atoms with van der Waals surface area (Å²) in [6.45, 7) is -1.65. The van der Waals surface area contributed by atoms with Crippen LogP contribution in [0.3, 0.4) is 0 Å². The van der Waals surface area contributed by atoms with Gasteiger partial charge in [0.2, 0.25) is 5.95 Å². The number of fused-ring (bicyclic) bond motifs is 1. The van der Waals surface area contributed by atoms with Crippen molar-refractivity contribution in [2.75, 3.05) is 12.3 Å². The Hall–Kier alpha value is -3.81. The number of aromatic nitrogens is 3. The van der Waals surface area contributed by atoms with E-state index in [1.54, 1.807) is 5.32 Å². The van der Waals surface area contributed by atoms with E-state index in [4.69, 9.17) is 17.3 Å². The third-order valence-electron chi connectivity index (χ3n) is 5.53. The third kappa shape index (κ3) is 4.92. The van der Waals surface area contributed by atoms with Crippen LogP contribution in [0.25, 0.3) is 16.8 Å². The number of benzene rings is 2. The van der Waals surface area contributed by atoms with E-state index in [9.17, 15) is 32.6 Å². The highest BCUT2D eigenvalue weighted by Gasteiger charge is 2.53. The van der Waals surface area contributed by atoms with E-state index >= 15 is 4.39 Å². The molecular weight excluding hydrogens is 525 g/mol. The number of carbonyl (C=O) groups excluding carboxylic acids is 1. The van der Waals surface area contributed by atoms with Crippen molar-refractivity contribution in [1.82, 2.24) is 19.9 Å². The zero-order valence-corrected chi connectivity index (χ0v) is 19.2.